The van der Waals surface area contributed by atoms with Crippen LogP contribution in [0.2, 0.25) is 5.02 Å². The SMILES string of the molecule is COc1ccc(C(C#N)=Cc2cc(Cl)c(OCCOc3ccc(C)cc3)c(OC)c2)cc1OC. The molecule has 0 aliphatic heterocycles. The molecule has 0 unspecified atom stereocenters. The molecule has 0 saturated heterocycles. The Kier molecular flexibility index (Phi) is 8.66. The zero-order chi connectivity index (χ0) is 24.5. The minimum absolute atomic E-state index is 0.286. The molecule has 3 aromatic rings. The van der Waals surface area contributed by atoms with Crippen molar-refractivity contribution in [3.05, 3.63) is 76.3 Å². The summed E-state index contributed by atoms with van der Waals surface area (Å²) in [5, 5.41) is 10.1. The first-order valence-corrected chi connectivity index (χ1v) is 10.9. The van der Waals surface area contributed by atoms with Crippen LogP contribution >= 0.6 is 11.6 Å². The molecule has 3 rings (SSSR count). The van der Waals surface area contributed by atoms with Crippen molar-refractivity contribution < 1.29 is 23.7 Å². The second-order valence-corrected chi connectivity index (χ2v) is 7.69. The van der Waals surface area contributed by atoms with E-state index in [2.05, 4.69) is 6.07 Å². The van der Waals surface area contributed by atoms with Crippen LogP contribution in [0.5, 0.6) is 28.7 Å². The summed E-state index contributed by atoms with van der Waals surface area (Å²) < 4.78 is 27.6. The van der Waals surface area contributed by atoms with Gasteiger partial charge in [-0.15, -0.1) is 0 Å². The Morgan fingerprint density at radius 2 is 1.53 bits per heavy atom. The lowest BCUT2D eigenvalue weighted by Gasteiger charge is -2.14. The van der Waals surface area contributed by atoms with Gasteiger partial charge >= 0.3 is 0 Å². The van der Waals surface area contributed by atoms with Crippen molar-refractivity contribution in [1.29, 1.82) is 5.26 Å². The monoisotopic (exact) mass is 479 g/mol. The number of hydrogen-bond acceptors (Lipinski definition) is 6. The lowest BCUT2D eigenvalue weighted by atomic mass is 10.0. The second kappa shape index (κ2) is 11.9. The van der Waals surface area contributed by atoms with Crippen LogP contribution in [0.25, 0.3) is 11.6 Å². The molecule has 3 aromatic carbocycles. The predicted octanol–water partition coefficient (Wildman–Crippen LogP) is 6.20. The maximum absolute atomic E-state index is 9.74. The van der Waals surface area contributed by atoms with Gasteiger partial charge in [0.25, 0.3) is 0 Å². The number of aryl methyl sites for hydroxylation is 1. The van der Waals surface area contributed by atoms with Gasteiger partial charge in [0, 0.05) is 0 Å². The molecule has 0 amide bonds. The van der Waals surface area contributed by atoms with Crippen molar-refractivity contribution in [2.45, 2.75) is 6.92 Å². The van der Waals surface area contributed by atoms with Crippen LogP contribution in [0.15, 0.2) is 54.6 Å². The first kappa shape index (κ1) is 24.8. The molecule has 0 radical (unpaired) electrons. The number of methoxy groups -OCH3 is 3. The molecule has 176 valence electrons. The Bertz CT molecular complexity index is 1200. The fraction of sp³-hybridized carbons (Fsp3) is 0.222. The smallest absolute Gasteiger partial charge is 0.179 e. The first-order valence-electron chi connectivity index (χ1n) is 10.5. The van der Waals surface area contributed by atoms with E-state index in [1.807, 2.05) is 31.2 Å². The van der Waals surface area contributed by atoms with E-state index in [1.165, 1.54) is 12.7 Å². The molecule has 0 N–H and O–H groups in total. The number of halogens is 1. The molecule has 0 heterocycles. The summed E-state index contributed by atoms with van der Waals surface area (Å²) in [7, 11) is 4.64. The average Bonchev–Trinajstić information content (AvgIpc) is 2.86. The van der Waals surface area contributed by atoms with Crippen LogP contribution in [-0.2, 0) is 0 Å². The Balaban J connectivity index is 1.77. The normalized spacial score (nSPS) is 10.9. The number of hydrogen-bond donors (Lipinski definition) is 0. The van der Waals surface area contributed by atoms with Gasteiger partial charge in [0.05, 0.1) is 38.0 Å². The van der Waals surface area contributed by atoms with Crippen molar-refractivity contribution in [2.75, 3.05) is 34.5 Å². The zero-order valence-corrected chi connectivity index (χ0v) is 20.3. The highest BCUT2D eigenvalue weighted by atomic mass is 35.5. The quantitative estimate of drug-likeness (QED) is 0.196. The molecule has 0 saturated carbocycles. The molecule has 6 nitrogen and oxygen atoms in total. The van der Waals surface area contributed by atoms with E-state index in [0.29, 0.717) is 51.3 Å². The number of rotatable bonds is 10. The van der Waals surface area contributed by atoms with Gasteiger partial charge in [-0.25, -0.2) is 0 Å². The molecule has 34 heavy (non-hydrogen) atoms. The van der Waals surface area contributed by atoms with Gasteiger partial charge in [-0.1, -0.05) is 29.3 Å². The summed E-state index contributed by atoms with van der Waals surface area (Å²) in [5.41, 5.74) is 2.97. The first-order chi connectivity index (χ1) is 16.5. The highest BCUT2D eigenvalue weighted by Crippen LogP contribution is 2.38. The fourth-order valence-corrected chi connectivity index (χ4v) is 3.53. The third-order valence-corrected chi connectivity index (χ3v) is 5.28. The van der Waals surface area contributed by atoms with Crippen molar-refractivity contribution >= 4 is 23.3 Å². The Morgan fingerprint density at radius 1 is 0.853 bits per heavy atom. The van der Waals surface area contributed by atoms with Gasteiger partial charge < -0.3 is 23.7 Å². The van der Waals surface area contributed by atoms with Crippen molar-refractivity contribution in [1.82, 2.24) is 0 Å². The molecule has 0 atom stereocenters. The van der Waals surface area contributed by atoms with E-state index in [0.717, 1.165) is 5.75 Å². The summed E-state index contributed by atoms with van der Waals surface area (Å²) in [6, 6.07) is 18.8. The molecular weight excluding hydrogens is 454 g/mol. The number of benzene rings is 3. The fourth-order valence-electron chi connectivity index (χ4n) is 3.25. The summed E-state index contributed by atoms with van der Waals surface area (Å²) >= 11 is 6.49. The predicted molar refractivity (Wildman–Crippen MR) is 133 cm³/mol. The van der Waals surface area contributed by atoms with Gasteiger partial charge in [0.15, 0.2) is 23.0 Å². The van der Waals surface area contributed by atoms with Gasteiger partial charge in [-0.3, -0.25) is 0 Å². The Labute approximate surface area is 204 Å². The molecule has 7 heteroatoms. The number of nitriles is 1. The maximum atomic E-state index is 9.74. The van der Waals surface area contributed by atoms with Crippen LogP contribution in [0.1, 0.15) is 16.7 Å². The third kappa shape index (κ3) is 6.15. The molecule has 0 aromatic heterocycles. The third-order valence-electron chi connectivity index (χ3n) is 5.00. The summed E-state index contributed by atoms with van der Waals surface area (Å²) in [5.74, 6) is 2.76. The van der Waals surface area contributed by atoms with E-state index >= 15 is 0 Å². The van der Waals surface area contributed by atoms with Crippen LogP contribution in [-0.4, -0.2) is 34.5 Å². The summed E-state index contributed by atoms with van der Waals surface area (Å²) in [6.07, 6.45) is 1.72. The number of ether oxygens (including phenoxy) is 5. The lowest BCUT2D eigenvalue weighted by Crippen LogP contribution is -2.10. The minimum Gasteiger partial charge on any atom is -0.493 e. The van der Waals surface area contributed by atoms with E-state index in [-0.39, 0.29) is 6.61 Å². The largest absolute Gasteiger partial charge is 0.493 e. The van der Waals surface area contributed by atoms with Gasteiger partial charge in [0.1, 0.15) is 19.0 Å². The minimum atomic E-state index is 0.286. The van der Waals surface area contributed by atoms with Crippen LogP contribution < -0.4 is 23.7 Å². The number of allylic oxidation sites excluding steroid dienone is 1. The van der Waals surface area contributed by atoms with Crippen LogP contribution in [0.3, 0.4) is 0 Å². The highest BCUT2D eigenvalue weighted by molar-refractivity contribution is 6.32. The molecule has 0 spiro atoms. The van der Waals surface area contributed by atoms with E-state index in [9.17, 15) is 5.26 Å². The maximum Gasteiger partial charge on any atom is 0.179 e. The molecular formula is C27H26ClNO5. The molecule has 0 aliphatic carbocycles. The molecule has 0 aliphatic rings. The van der Waals surface area contributed by atoms with E-state index in [4.69, 9.17) is 35.3 Å². The highest BCUT2D eigenvalue weighted by Gasteiger charge is 2.13. The summed E-state index contributed by atoms with van der Waals surface area (Å²) in [6.45, 7) is 2.66. The van der Waals surface area contributed by atoms with Crippen molar-refractivity contribution in [3.63, 3.8) is 0 Å². The molecule has 0 bridgehead atoms. The van der Waals surface area contributed by atoms with Crippen molar-refractivity contribution in [2.24, 2.45) is 0 Å². The Hall–Kier alpha value is -3.82. The average molecular weight is 480 g/mol. The standard InChI is InChI=1S/C27H26ClNO5/c1-18-5-8-22(9-6-18)33-11-12-34-27-23(28)14-19(15-26(27)32-4)13-21(17-29)20-7-10-24(30-2)25(16-20)31-3/h5-10,13-16H,11-12H2,1-4H3. The van der Waals surface area contributed by atoms with Gasteiger partial charge in [-0.05, 0) is 66.6 Å². The van der Waals surface area contributed by atoms with Gasteiger partial charge in [0.2, 0.25) is 0 Å². The van der Waals surface area contributed by atoms with E-state index in [1.54, 1.807) is 50.6 Å². The summed E-state index contributed by atoms with van der Waals surface area (Å²) in [4.78, 5) is 0. The topological polar surface area (TPSA) is 69.9 Å². The van der Waals surface area contributed by atoms with E-state index < -0.39 is 0 Å². The van der Waals surface area contributed by atoms with Gasteiger partial charge in [-0.2, -0.15) is 5.26 Å². The second-order valence-electron chi connectivity index (χ2n) is 7.28. The zero-order valence-electron chi connectivity index (χ0n) is 19.6. The van der Waals surface area contributed by atoms with Crippen molar-refractivity contribution in [3.8, 4) is 34.8 Å². The lowest BCUT2D eigenvalue weighted by molar-refractivity contribution is 0.211. The number of nitrogens with zero attached hydrogens (tertiary/aromatic N) is 1. The Morgan fingerprint density at radius 3 is 2.18 bits per heavy atom. The van der Waals surface area contributed by atoms with Crippen LogP contribution in [0, 0.1) is 18.3 Å². The van der Waals surface area contributed by atoms with Crippen LogP contribution in [0.4, 0.5) is 0 Å². The molecule has 0 fully saturated rings.